The normalized spacial score (nSPS) is 25.7. The number of methoxy groups -OCH3 is 1. The van der Waals surface area contributed by atoms with Gasteiger partial charge in [-0.3, -0.25) is 4.79 Å². The van der Waals surface area contributed by atoms with Crippen LogP contribution in [0.3, 0.4) is 0 Å². The number of hydrogen-bond donors (Lipinski definition) is 1. The number of nitrogens with one attached hydrogen (secondary N) is 1. The summed E-state index contributed by atoms with van der Waals surface area (Å²) >= 11 is 0. The van der Waals surface area contributed by atoms with E-state index in [1.54, 1.807) is 12.1 Å². The van der Waals surface area contributed by atoms with Gasteiger partial charge in [0.05, 0.1) is 12.0 Å². The maximum absolute atomic E-state index is 13.1. The van der Waals surface area contributed by atoms with Gasteiger partial charge in [-0.25, -0.2) is 13.2 Å². The van der Waals surface area contributed by atoms with Gasteiger partial charge in [-0.15, -0.1) is 0 Å². The Hall–Kier alpha value is -2.09. The second kappa shape index (κ2) is 8.45. The van der Waals surface area contributed by atoms with Crippen molar-refractivity contribution in [3.05, 3.63) is 24.3 Å². The predicted molar refractivity (Wildman–Crippen MR) is 117 cm³/mol. The first-order chi connectivity index (χ1) is 14.4. The molecule has 1 aromatic rings. The van der Waals surface area contributed by atoms with Crippen molar-refractivity contribution in [2.75, 3.05) is 19.4 Å². The maximum Gasteiger partial charge on any atom is 0.407 e. The number of sulfone groups is 1. The number of carbonyl (C=O) groups excluding carboxylic acids is 2. The molecule has 8 heteroatoms. The standard InChI is InChI=1S/C23H33NO6S/c1-21(2,3)30-20(26)24-16-22-9-12-23(13-10-22,14-11-22)19(25)15-31(27,28)18-7-5-17(29-4)6-8-18/h5-8H,9-16H2,1-4H3,(H,24,26). The highest BCUT2D eigenvalue weighted by Gasteiger charge is 2.52. The molecule has 0 spiro atoms. The molecule has 1 N–H and O–H groups in total. The minimum atomic E-state index is -3.70. The molecule has 3 aliphatic rings. The molecular formula is C23H33NO6S. The average molecular weight is 452 g/mol. The van der Waals surface area contributed by atoms with Gasteiger partial charge in [0.15, 0.2) is 15.6 Å². The Bertz CT molecular complexity index is 905. The van der Waals surface area contributed by atoms with Crippen molar-refractivity contribution < 1.29 is 27.5 Å². The van der Waals surface area contributed by atoms with Crippen molar-refractivity contribution in [3.63, 3.8) is 0 Å². The zero-order valence-corrected chi connectivity index (χ0v) is 19.6. The second-order valence-corrected chi connectivity index (χ2v) is 12.0. The molecule has 0 aromatic heterocycles. The van der Waals surface area contributed by atoms with Gasteiger partial charge in [0.25, 0.3) is 0 Å². The Labute approximate surface area is 184 Å². The first-order valence-electron chi connectivity index (χ1n) is 10.8. The van der Waals surface area contributed by atoms with Crippen LogP contribution in [0.5, 0.6) is 5.75 Å². The van der Waals surface area contributed by atoms with E-state index in [2.05, 4.69) is 5.32 Å². The van der Waals surface area contributed by atoms with Crippen LogP contribution < -0.4 is 10.1 Å². The molecule has 1 aromatic carbocycles. The Morgan fingerprint density at radius 3 is 2.03 bits per heavy atom. The van der Waals surface area contributed by atoms with Gasteiger partial charge in [0.1, 0.15) is 17.1 Å². The Morgan fingerprint density at radius 2 is 1.55 bits per heavy atom. The minimum Gasteiger partial charge on any atom is -0.497 e. The van der Waals surface area contributed by atoms with E-state index in [1.807, 2.05) is 20.8 Å². The zero-order chi connectivity index (χ0) is 22.9. The average Bonchev–Trinajstić information content (AvgIpc) is 2.72. The molecule has 31 heavy (non-hydrogen) atoms. The van der Waals surface area contributed by atoms with Crippen LogP contribution in [0.2, 0.25) is 0 Å². The quantitative estimate of drug-likeness (QED) is 0.675. The molecule has 3 aliphatic carbocycles. The third kappa shape index (κ3) is 5.40. The van der Waals surface area contributed by atoms with E-state index < -0.39 is 32.7 Å². The van der Waals surface area contributed by atoms with E-state index in [1.165, 1.54) is 19.2 Å². The lowest BCUT2D eigenvalue weighted by atomic mass is 9.52. The lowest BCUT2D eigenvalue weighted by molar-refractivity contribution is -0.135. The third-order valence-electron chi connectivity index (χ3n) is 6.74. The number of amides is 1. The summed E-state index contributed by atoms with van der Waals surface area (Å²) in [4.78, 5) is 25.3. The summed E-state index contributed by atoms with van der Waals surface area (Å²) in [7, 11) is -2.18. The fourth-order valence-electron chi connectivity index (χ4n) is 4.71. The molecule has 0 unspecified atom stereocenters. The monoisotopic (exact) mass is 451 g/mol. The number of hydrogen-bond acceptors (Lipinski definition) is 6. The Morgan fingerprint density at radius 1 is 1.00 bits per heavy atom. The number of fused-ring (bicyclic) bond motifs is 3. The number of rotatable bonds is 7. The number of carbonyl (C=O) groups is 2. The first-order valence-corrected chi connectivity index (χ1v) is 12.4. The zero-order valence-electron chi connectivity index (χ0n) is 18.8. The molecule has 3 saturated carbocycles. The van der Waals surface area contributed by atoms with Gasteiger partial charge in [-0.1, -0.05) is 0 Å². The lowest BCUT2D eigenvalue weighted by Gasteiger charge is -2.52. The molecule has 172 valence electrons. The summed E-state index contributed by atoms with van der Waals surface area (Å²) < 4.78 is 36.0. The maximum atomic E-state index is 13.1. The highest BCUT2D eigenvalue weighted by molar-refractivity contribution is 7.92. The lowest BCUT2D eigenvalue weighted by Crippen LogP contribution is -2.51. The Kier molecular flexibility index (Phi) is 6.42. The molecule has 0 saturated heterocycles. The molecule has 0 atom stereocenters. The summed E-state index contributed by atoms with van der Waals surface area (Å²) in [5.74, 6) is -0.0841. The van der Waals surface area contributed by atoms with Crippen LogP contribution in [0.1, 0.15) is 59.3 Å². The second-order valence-electron chi connectivity index (χ2n) is 9.99. The van der Waals surface area contributed by atoms with Crippen LogP contribution in [0, 0.1) is 10.8 Å². The van der Waals surface area contributed by atoms with Gasteiger partial charge < -0.3 is 14.8 Å². The topological polar surface area (TPSA) is 98.8 Å². The summed E-state index contributed by atoms with van der Waals surface area (Å²) in [6.07, 6.45) is 3.98. The SMILES string of the molecule is COc1ccc(S(=O)(=O)CC(=O)C23CCC(CNC(=O)OC(C)(C)C)(CC2)CC3)cc1. The van der Waals surface area contributed by atoms with Crippen molar-refractivity contribution in [1.82, 2.24) is 5.32 Å². The summed E-state index contributed by atoms with van der Waals surface area (Å²) in [6.45, 7) is 6.00. The van der Waals surface area contributed by atoms with Gasteiger partial charge in [0.2, 0.25) is 0 Å². The molecule has 0 aliphatic heterocycles. The number of Topliss-reactive ketones (excluding diaryl/α,β-unsaturated/α-hetero) is 1. The molecule has 1 amide bonds. The van der Waals surface area contributed by atoms with Crippen LogP contribution in [-0.4, -0.2) is 45.3 Å². The first kappa shape index (κ1) is 23.6. The summed E-state index contributed by atoms with van der Waals surface area (Å²) in [5.41, 5.74) is -1.14. The van der Waals surface area contributed by atoms with Gasteiger partial charge in [-0.05, 0) is 89.0 Å². The van der Waals surface area contributed by atoms with E-state index in [0.717, 1.165) is 19.3 Å². The predicted octanol–water partition coefficient (Wildman–Crippen LogP) is 3.90. The molecule has 0 heterocycles. The number of benzene rings is 1. The number of ether oxygens (including phenoxy) is 2. The highest BCUT2D eigenvalue weighted by atomic mass is 32.2. The minimum absolute atomic E-state index is 0.0339. The molecular weight excluding hydrogens is 418 g/mol. The molecule has 0 radical (unpaired) electrons. The highest BCUT2D eigenvalue weighted by Crippen LogP contribution is 2.57. The molecule has 3 fully saturated rings. The molecule has 4 rings (SSSR count). The summed E-state index contributed by atoms with van der Waals surface area (Å²) in [6, 6.07) is 6.13. The molecule has 7 nitrogen and oxygen atoms in total. The largest absolute Gasteiger partial charge is 0.497 e. The van der Waals surface area contributed by atoms with E-state index in [-0.39, 0.29) is 16.1 Å². The van der Waals surface area contributed by atoms with Crippen molar-refractivity contribution in [2.45, 2.75) is 69.8 Å². The van der Waals surface area contributed by atoms with E-state index in [0.29, 0.717) is 31.6 Å². The van der Waals surface area contributed by atoms with Crippen molar-refractivity contribution in [2.24, 2.45) is 10.8 Å². The van der Waals surface area contributed by atoms with Crippen molar-refractivity contribution >= 4 is 21.7 Å². The molecule has 2 bridgehead atoms. The van der Waals surface area contributed by atoms with Gasteiger partial charge in [0, 0.05) is 12.0 Å². The Balaban J connectivity index is 1.59. The van der Waals surface area contributed by atoms with E-state index >= 15 is 0 Å². The van der Waals surface area contributed by atoms with Crippen LogP contribution in [0.4, 0.5) is 4.79 Å². The smallest absolute Gasteiger partial charge is 0.407 e. The number of ketones is 1. The summed E-state index contributed by atoms with van der Waals surface area (Å²) in [5, 5.41) is 2.88. The fraction of sp³-hybridized carbons (Fsp3) is 0.652. The van der Waals surface area contributed by atoms with Crippen molar-refractivity contribution in [3.8, 4) is 5.75 Å². The van der Waals surface area contributed by atoms with Gasteiger partial charge in [-0.2, -0.15) is 0 Å². The van der Waals surface area contributed by atoms with E-state index in [9.17, 15) is 18.0 Å². The van der Waals surface area contributed by atoms with Gasteiger partial charge >= 0.3 is 6.09 Å². The van der Waals surface area contributed by atoms with Crippen LogP contribution in [-0.2, 0) is 19.4 Å². The van der Waals surface area contributed by atoms with Crippen LogP contribution in [0.25, 0.3) is 0 Å². The number of alkyl carbamates (subject to hydrolysis) is 1. The third-order valence-corrected chi connectivity index (χ3v) is 8.37. The fourth-order valence-corrected chi connectivity index (χ4v) is 6.08. The van der Waals surface area contributed by atoms with Crippen LogP contribution >= 0.6 is 0 Å². The van der Waals surface area contributed by atoms with E-state index in [4.69, 9.17) is 9.47 Å². The van der Waals surface area contributed by atoms with Crippen molar-refractivity contribution in [1.29, 1.82) is 0 Å². The van der Waals surface area contributed by atoms with Crippen LogP contribution in [0.15, 0.2) is 29.2 Å².